The highest BCUT2D eigenvalue weighted by Gasteiger charge is 2.13. The van der Waals surface area contributed by atoms with Crippen LogP contribution < -0.4 is 4.74 Å². The lowest BCUT2D eigenvalue weighted by Gasteiger charge is -2.05. The second kappa shape index (κ2) is 8.53. The van der Waals surface area contributed by atoms with E-state index < -0.39 is 4.92 Å². The SMILES string of the molecule is Cc1[nH]c(SCCOc2ccccc2[N+](=O)[O-])nc1Cc1ccccc1. The van der Waals surface area contributed by atoms with Crippen molar-refractivity contribution >= 4 is 17.4 Å². The highest BCUT2D eigenvalue weighted by atomic mass is 32.2. The molecule has 0 aliphatic heterocycles. The molecule has 2 aromatic carbocycles. The Labute approximate surface area is 155 Å². The number of nitrogens with zero attached hydrogens (tertiary/aromatic N) is 2. The van der Waals surface area contributed by atoms with Crippen LogP contribution >= 0.6 is 11.8 Å². The average molecular weight is 369 g/mol. The van der Waals surface area contributed by atoms with E-state index in [9.17, 15) is 10.1 Å². The number of aromatic nitrogens is 2. The van der Waals surface area contributed by atoms with Gasteiger partial charge in [0.1, 0.15) is 0 Å². The number of hydrogen-bond donors (Lipinski definition) is 1. The molecule has 134 valence electrons. The third-order valence-electron chi connectivity index (χ3n) is 3.82. The molecule has 0 spiro atoms. The van der Waals surface area contributed by atoms with Gasteiger partial charge < -0.3 is 9.72 Å². The standard InChI is InChI=1S/C19H19N3O3S/c1-14-16(13-15-7-3-2-4-8-15)21-19(20-14)26-12-11-25-18-10-6-5-9-17(18)22(23)24/h2-10H,11-13H2,1H3,(H,20,21). The first-order chi connectivity index (χ1) is 12.6. The number of nitro groups is 1. The van der Waals surface area contributed by atoms with Gasteiger partial charge in [-0.2, -0.15) is 0 Å². The van der Waals surface area contributed by atoms with Crippen molar-refractivity contribution in [2.45, 2.75) is 18.5 Å². The molecule has 0 saturated heterocycles. The summed E-state index contributed by atoms with van der Waals surface area (Å²) in [6, 6.07) is 16.6. The Morgan fingerprint density at radius 2 is 1.88 bits per heavy atom. The molecule has 0 aliphatic carbocycles. The maximum absolute atomic E-state index is 11.0. The minimum absolute atomic E-state index is 0.0171. The van der Waals surface area contributed by atoms with E-state index in [1.54, 1.807) is 18.2 Å². The molecule has 0 aliphatic rings. The molecule has 1 aromatic heterocycles. The summed E-state index contributed by atoms with van der Waals surface area (Å²) >= 11 is 1.54. The Morgan fingerprint density at radius 1 is 1.15 bits per heavy atom. The van der Waals surface area contributed by atoms with Crippen LogP contribution in [-0.2, 0) is 6.42 Å². The van der Waals surface area contributed by atoms with E-state index >= 15 is 0 Å². The zero-order valence-corrected chi connectivity index (χ0v) is 15.2. The molecular weight excluding hydrogens is 350 g/mol. The molecule has 0 unspecified atom stereocenters. The molecule has 0 amide bonds. The van der Waals surface area contributed by atoms with Crippen molar-refractivity contribution in [2.75, 3.05) is 12.4 Å². The first-order valence-electron chi connectivity index (χ1n) is 8.22. The molecule has 0 bridgehead atoms. The first kappa shape index (κ1) is 18.0. The predicted molar refractivity (Wildman–Crippen MR) is 102 cm³/mol. The number of H-pyrrole nitrogens is 1. The van der Waals surface area contributed by atoms with Crippen LogP contribution in [0.5, 0.6) is 5.75 Å². The van der Waals surface area contributed by atoms with Crippen LogP contribution in [0.2, 0.25) is 0 Å². The molecule has 1 heterocycles. The lowest BCUT2D eigenvalue weighted by atomic mass is 10.1. The summed E-state index contributed by atoms with van der Waals surface area (Å²) in [5.41, 5.74) is 3.28. The largest absolute Gasteiger partial charge is 0.486 e. The quantitative estimate of drug-likeness (QED) is 0.276. The number of thioether (sulfide) groups is 1. The second-order valence-electron chi connectivity index (χ2n) is 5.70. The number of ether oxygens (including phenoxy) is 1. The molecule has 0 atom stereocenters. The Bertz CT molecular complexity index is 881. The minimum Gasteiger partial charge on any atom is -0.486 e. The second-order valence-corrected chi connectivity index (χ2v) is 6.78. The van der Waals surface area contributed by atoms with E-state index in [2.05, 4.69) is 22.1 Å². The molecule has 0 fully saturated rings. The lowest BCUT2D eigenvalue weighted by molar-refractivity contribution is -0.385. The van der Waals surface area contributed by atoms with E-state index in [1.165, 1.54) is 23.4 Å². The Balaban J connectivity index is 1.53. The maximum atomic E-state index is 11.0. The Morgan fingerprint density at radius 3 is 2.65 bits per heavy atom. The van der Waals surface area contributed by atoms with Gasteiger partial charge in [0.05, 0.1) is 17.2 Å². The van der Waals surface area contributed by atoms with Crippen molar-refractivity contribution in [3.05, 3.63) is 81.7 Å². The van der Waals surface area contributed by atoms with Gasteiger partial charge in [-0.25, -0.2) is 4.98 Å². The van der Waals surface area contributed by atoms with Gasteiger partial charge in [0.25, 0.3) is 0 Å². The summed E-state index contributed by atoms with van der Waals surface area (Å²) in [7, 11) is 0. The topological polar surface area (TPSA) is 81.0 Å². The Hall–Kier alpha value is -2.80. The van der Waals surface area contributed by atoms with Crippen LogP contribution in [0.4, 0.5) is 5.69 Å². The van der Waals surface area contributed by atoms with Gasteiger partial charge in [-0.15, -0.1) is 0 Å². The maximum Gasteiger partial charge on any atom is 0.310 e. The number of aromatic amines is 1. The summed E-state index contributed by atoms with van der Waals surface area (Å²) in [6.45, 7) is 2.38. The Kier molecular flexibility index (Phi) is 5.91. The number of rotatable bonds is 8. The molecule has 3 rings (SSSR count). The molecule has 0 saturated carbocycles. The van der Waals surface area contributed by atoms with Gasteiger partial charge in [-0.05, 0) is 18.6 Å². The van der Waals surface area contributed by atoms with Crippen LogP contribution in [-0.4, -0.2) is 27.3 Å². The van der Waals surface area contributed by atoms with Gasteiger partial charge in [0.2, 0.25) is 0 Å². The fraction of sp³-hybridized carbons (Fsp3) is 0.211. The van der Waals surface area contributed by atoms with Gasteiger partial charge in [-0.3, -0.25) is 10.1 Å². The summed E-state index contributed by atoms with van der Waals surface area (Å²) in [5.74, 6) is 0.933. The molecule has 0 radical (unpaired) electrons. The smallest absolute Gasteiger partial charge is 0.310 e. The summed E-state index contributed by atoms with van der Waals surface area (Å²) < 4.78 is 5.55. The first-order valence-corrected chi connectivity index (χ1v) is 9.20. The number of imidazole rings is 1. The highest BCUT2D eigenvalue weighted by Crippen LogP contribution is 2.26. The number of nitrogens with one attached hydrogen (secondary N) is 1. The minimum atomic E-state index is -0.436. The third-order valence-corrected chi connectivity index (χ3v) is 4.66. The van der Waals surface area contributed by atoms with E-state index in [1.807, 2.05) is 25.1 Å². The molecule has 1 N–H and O–H groups in total. The van der Waals surface area contributed by atoms with Crippen LogP contribution in [0.3, 0.4) is 0 Å². The van der Waals surface area contributed by atoms with Crippen LogP contribution in [0.1, 0.15) is 17.0 Å². The van der Waals surface area contributed by atoms with Crippen LogP contribution in [0.15, 0.2) is 59.8 Å². The highest BCUT2D eigenvalue weighted by molar-refractivity contribution is 7.99. The van der Waals surface area contributed by atoms with Gasteiger partial charge >= 0.3 is 5.69 Å². The van der Waals surface area contributed by atoms with Crippen LogP contribution in [0, 0.1) is 17.0 Å². The number of aryl methyl sites for hydroxylation is 1. The van der Waals surface area contributed by atoms with E-state index in [-0.39, 0.29) is 5.69 Å². The van der Waals surface area contributed by atoms with Crippen molar-refractivity contribution in [1.29, 1.82) is 0 Å². The summed E-state index contributed by atoms with van der Waals surface area (Å²) in [4.78, 5) is 18.5. The van der Waals surface area contributed by atoms with Crippen molar-refractivity contribution in [3.8, 4) is 5.75 Å². The summed E-state index contributed by atoms with van der Waals surface area (Å²) in [6.07, 6.45) is 0.788. The molecular formula is C19H19N3O3S. The lowest BCUT2D eigenvalue weighted by Crippen LogP contribution is -2.02. The third kappa shape index (κ3) is 4.64. The average Bonchev–Trinajstić information content (AvgIpc) is 2.99. The van der Waals surface area contributed by atoms with E-state index in [0.717, 1.165) is 23.0 Å². The number of hydrogen-bond acceptors (Lipinski definition) is 5. The molecule has 26 heavy (non-hydrogen) atoms. The van der Waals surface area contributed by atoms with E-state index in [0.29, 0.717) is 18.1 Å². The van der Waals surface area contributed by atoms with Crippen molar-refractivity contribution in [3.63, 3.8) is 0 Å². The fourth-order valence-corrected chi connectivity index (χ4v) is 3.28. The number of nitro benzene ring substituents is 1. The number of benzene rings is 2. The monoisotopic (exact) mass is 369 g/mol. The summed E-state index contributed by atoms with van der Waals surface area (Å²) in [5, 5.41) is 11.8. The predicted octanol–water partition coefficient (Wildman–Crippen LogP) is 4.39. The van der Waals surface area contributed by atoms with Crippen molar-refractivity contribution in [2.24, 2.45) is 0 Å². The van der Waals surface area contributed by atoms with Gasteiger partial charge in [0.15, 0.2) is 10.9 Å². The normalized spacial score (nSPS) is 10.7. The van der Waals surface area contributed by atoms with Crippen LogP contribution in [0.25, 0.3) is 0 Å². The zero-order valence-electron chi connectivity index (χ0n) is 14.3. The van der Waals surface area contributed by atoms with Gasteiger partial charge in [0, 0.05) is 23.9 Å². The molecule has 6 nitrogen and oxygen atoms in total. The van der Waals surface area contributed by atoms with Crippen molar-refractivity contribution < 1.29 is 9.66 Å². The van der Waals surface area contributed by atoms with E-state index in [4.69, 9.17) is 4.74 Å². The zero-order chi connectivity index (χ0) is 18.4. The molecule has 3 aromatic rings. The van der Waals surface area contributed by atoms with Crippen molar-refractivity contribution in [1.82, 2.24) is 9.97 Å². The number of para-hydroxylation sites is 2. The van der Waals surface area contributed by atoms with Gasteiger partial charge in [-0.1, -0.05) is 54.2 Å². The molecule has 7 heteroatoms. The fourth-order valence-electron chi connectivity index (χ4n) is 2.52.